The highest BCUT2D eigenvalue weighted by Crippen LogP contribution is 2.34. The van der Waals surface area contributed by atoms with Crippen molar-refractivity contribution >= 4 is 11.9 Å². The van der Waals surface area contributed by atoms with E-state index in [1.54, 1.807) is 0 Å². The van der Waals surface area contributed by atoms with E-state index in [0.29, 0.717) is 25.8 Å². The SMILES string of the molecule is CCCC1(C(=O)O)CCCN1C(=O)Cn1cnnn1. The highest BCUT2D eigenvalue weighted by atomic mass is 16.4. The van der Waals surface area contributed by atoms with Crippen molar-refractivity contribution in [3.8, 4) is 0 Å². The lowest BCUT2D eigenvalue weighted by Gasteiger charge is -2.34. The second kappa shape index (κ2) is 5.33. The number of hydrogen-bond acceptors (Lipinski definition) is 5. The molecule has 1 fully saturated rings. The van der Waals surface area contributed by atoms with Gasteiger partial charge in [-0.3, -0.25) is 4.79 Å². The van der Waals surface area contributed by atoms with Crippen LogP contribution in [0.5, 0.6) is 0 Å². The van der Waals surface area contributed by atoms with Crippen molar-refractivity contribution in [1.29, 1.82) is 0 Å². The third kappa shape index (κ3) is 2.42. The molecule has 1 atom stereocenters. The smallest absolute Gasteiger partial charge is 0.329 e. The second-order valence-corrected chi connectivity index (χ2v) is 4.74. The standard InChI is InChI=1S/C11H17N5O3/c1-2-4-11(10(18)19)5-3-6-16(11)9(17)7-15-8-12-13-14-15/h8H,2-7H2,1H3,(H,18,19). The van der Waals surface area contributed by atoms with Crippen molar-refractivity contribution in [2.75, 3.05) is 6.54 Å². The fourth-order valence-electron chi connectivity index (χ4n) is 2.72. The summed E-state index contributed by atoms with van der Waals surface area (Å²) in [6, 6.07) is 0. The van der Waals surface area contributed by atoms with Crippen LogP contribution in [0.3, 0.4) is 0 Å². The zero-order valence-electron chi connectivity index (χ0n) is 10.8. The van der Waals surface area contributed by atoms with Gasteiger partial charge in [-0.05, 0) is 29.7 Å². The van der Waals surface area contributed by atoms with E-state index in [2.05, 4.69) is 15.5 Å². The van der Waals surface area contributed by atoms with Crippen LogP contribution >= 0.6 is 0 Å². The number of carboxylic acids is 1. The van der Waals surface area contributed by atoms with Crippen LogP contribution < -0.4 is 0 Å². The fraction of sp³-hybridized carbons (Fsp3) is 0.727. The molecule has 19 heavy (non-hydrogen) atoms. The van der Waals surface area contributed by atoms with E-state index in [1.807, 2.05) is 6.92 Å². The molecule has 1 aliphatic rings. The lowest BCUT2D eigenvalue weighted by molar-refractivity contribution is -0.157. The number of carboxylic acid groups (broad SMARTS) is 1. The molecule has 0 radical (unpaired) electrons. The van der Waals surface area contributed by atoms with Gasteiger partial charge >= 0.3 is 5.97 Å². The van der Waals surface area contributed by atoms with Crippen LogP contribution in [0.2, 0.25) is 0 Å². The average Bonchev–Trinajstić information content (AvgIpc) is 2.99. The number of likely N-dealkylation sites (tertiary alicyclic amines) is 1. The van der Waals surface area contributed by atoms with Gasteiger partial charge in [0.05, 0.1) is 0 Å². The predicted octanol–water partition coefficient (Wildman–Crippen LogP) is -0.0810. The fourth-order valence-corrected chi connectivity index (χ4v) is 2.72. The molecule has 8 nitrogen and oxygen atoms in total. The number of hydrogen-bond donors (Lipinski definition) is 1. The lowest BCUT2D eigenvalue weighted by atomic mass is 9.90. The van der Waals surface area contributed by atoms with Gasteiger partial charge < -0.3 is 10.0 Å². The Morgan fingerprint density at radius 1 is 1.47 bits per heavy atom. The van der Waals surface area contributed by atoms with Crippen molar-refractivity contribution in [3.05, 3.63) is 6.33 Å². The Morgan fingerprint density at radius 3 is 2.84 bits per heavy atom. The number of carbonyl (C=O) groups is 2. The number of amides is 1. The zero-order chi connectivity index (χ0) is 13.9. The first-order valence-corrected chi connectivity index (χ1v) is 6.35. The molecule has 1 amide bonds. The van der Waals surface area contributed by atoms with Crippen LogP contribution in [0.4, 0.5) is 0 Å². The summed E-state index contributed by atoms with van der Waals surface area (Å²) in [6.07, 6.45) is 3.77. The summed E-state index contributed by atoms with van der Waals surface area (Å²) in [5, 5.41) is 20.0. The van der Waals surface area contributed by atoms with Crippen LogP contribution in [0.1, 0.15) is 32.6 Å². The molecule has 2 rings (SSSR count). The van der Waals surface area contributed by atoms with Crippen LogP contribution in [0.25, 0.3) is 0 Å². The Morgan fingerprint density at radius 2 is 2.26 bits per heavy atom. The molecule has 1 aromatic rings. The highest BCUT2D eigenvalue weighted by Gasteiger charge is 2.48. The summed E-state index contributed by atoms with van der Waals surface area (Å²) in [5.74, 6) is -1.17. The molecule has 104 valence electrons. The third-order valence-electron chi connectivity index (χ3n) is 3.54. The van der Waals surface area contributed by atoms with Crippen LogP contribution in [-0.4, -0.2) is 54.2 Å². The van der Waals surface area contributed by atoms with Crippen molar-refractivity contribution in [2.45, 2.75) is 44.7 Å². The quantitative estimate of drug-likeness (QED) is 0.800. The topological polar surface area (TPSA) is 101 Å². The van der Waals surface area contributed by atoms with E-state index in [9.17, 15) is 14.7 Å². The van der Waals surface area contributed by atoms with E-state index in [0.717, 1.165) is 6.42 Å². The molecule has 0 aliphatic carbocycles. The molecule has 1 unspecified atom stereocenters. The van der Waals surface area contributed by atoms with E-state index in [-0.39, 0.29) is 12.5 Å². The van der Waals surface area contributed by atoms with E-state index >= 15 is 0 Å². The highest BCUT2D eigenvalue weighted by molar-refractivity contribution is 5.87. The Kier molecular flexibility index (Phi) is 3.77. The minimum absolute atomic E-state index is 0.0221. The van der Waals surface area contributed by atoms with E-state index in [4.69, 9.17) is 0 Å². The van der Waals surface area contributed by atoms with Gasteiger partial charge in [0.15, 0.2) is 0 Å². The van der Waals surface area contributed by atoms with Crippen molar-refractivity contribution < 1.29 is 14.7 Å². The van der Waals surface area contributed by atoms with Gasteiger partial charge in [-0.25, -0.2) is 9.48 Å². The van der Waals surface area contributed by atoms with Gasteiger partial charge in [0.2, 0.25) is 5.91 Å². The number of tetrazole rings is 1. The number of aliphatic carboxylic acids is 1. The summed E-state index contributed by atoms with van der Waals surface area (Å²) >= 11 is 0. The lowest BCUT2D eigenvalue weighted by Crippen LogP contribution is -2.53. The number of nitrogens with zero attached hydrogens (tertiary/aromatic N) is 5. The molecule has 0 bridgehead atoms. The van der Waals surface area contributed by atoms with Crippen LogP contribution in [-0.2, 0) is 16.1 Å². The first-order valence-electron chi connectivity index (χ1n) is 6.35. The van der Waals surface area contributed by atoms with Crippen molar-refractivity contribution in [1.82, 2.24) is 25.1 Å². The Labute approximate surface area is 110 Å². The predicted molar refractivity (Wildman–Crippen MR) is 64.0 cm³/mol. The average molecular weight is 267 g/mol. The molecule has 8 heteroatoms. The molecule has 2 heterocycles. The zero-order valence-corrected chi connectivity index (χ0v) is 10.8. The molecule has 0 saturated carbocycles. The van der Waals surface area contributed by atoms with Crippen molar-refractivity contribution in [2.24, 2.45) is 0 Å². The minimum Gasteiger partial charge on any atom is -0.479 e. The van der Waals surface area contributed by atoms with Gasteiger partial charge in [0.25, 0.3) is 0 Å². The summed E-state index contributed by atoms with van der Waals surface area (Å²) in [7, 11) is 0. The maximum atomic E-state index is 12.3. The molecule has 0 spiro atoms. The van der Waals surface area contributed by atoms with Gasteiger partial charge in [-0.1, -0.05) is 13.3 Å². The largest absolute Gasteiger partial charge is 0.479 e. The molecular weight excluding hydrogens is 250 g/mol. The Balaban J connectivity index is 2.17. The van der Waals surface area contributed by atoms with Gasteiger partial charge in [-0.15, -0.1) is 5.10 Å². The first-order chi connectivity index (χ1) is 9.10. The van der Waals surface area contributed by atoms with E-state index in [1.165, 1.54) is 15.9 Å². The third-order valence-corrected chi connectivity index (χ3v) is 3.54. The summed E-state index contributed by atoms with van der Waals surface area (Å²) < 4.78 is 1.30. The monoisotopic (exact) mass is 267 g/mol. The molecular formula is C11H17N5O3. The van der Waals surface area contributed by atoms with Gasteiger partial charge in [0.1, 0.15) is 18.4 Å². The van der Waals surface area contributed by atoms with Gasteiger partial charge in [-0.2, -0.15) is 0 Å². The molecule has 1 aliphatic heterocycles. The summed E-state index contributed by atoms with van der Waals surface area (Å²) in [6.45, 7) is 2.38. The number of carbonyl (C=O) groups excluding carboxylic acids is 1. The van der Waals surface area contributed by atoms with Crippen LogP contribution in [0, 0.1) is 0 Å². The molecule has 1 N–H and O–H groups in total. The number of aromatic nitrogens is 4. The normalized spacial score (nSPS) is 22.7. The van der Waals surface area contributed by atoms with Crippen molar-refractivity contribution in [3.63, 3.8) is 0 Å². The number of rotatable bonds is 5. The first kappa shape index (κ1) is 13.4. The molecule has 1 aromatic heterocycles. The Bertz CT molecular complexity index is 461. The maximum Gasteiger partial charge on any atom is 0.329 e. The molecule has 0 aromatic carbocycles. The van der Waals surface area contributed by atoms with Gasteiger partial charge in [0, 0.05) is 6.54 Å². The van der Waals surface area contributed by atoms with Crippen LogP contribution in [0.15, 0.2) is 6.33 Å². The molecule has 1 saturated heterocycles. The summed E-state index contributed by atoms with van der Waals surface area (Å²) in [4.78, 5) is 25.3. The summed E-state index contributed by atoms with van der Waals surface area (Å²) in [5.41, 5.74) is -1.06. The van der Waals surface area contributed by atoms with E-state index < -0.39 is 11.5 Å². The second-order valence-electron chi connectivity index (χ2n) is 4.74. The Hall–Kier alpha value is -1.99. The minimum atomic E-state index is -1.06. The maximum absolute atomic E-state index is 12.3.